The van der Waals surface area contributed by atoms with Crippen LogP contribution in [-0.2, 0) is 9.05 Å². The Kier molecular flexibility index (Phi) is 3.96. The number of carbonyl (C=O) groups excluding carboxylic acids is 1. The molecule has 0 atom stereocenters. The molecule has 0 saturated carbocycles. The lowest BCUT2D eigenvalue weighted by molar-refractivity contribution is 0.0938. The molecule has 1 aromatic carbocycles. The van der Waals surface area contributed by atoms with Gasteiger partial charge < -0.3 is 5.32 Å². The summed E-state index contributed by atoms with van der Waals surface area (Å²) in [5.41, 5.74) is 1.06. The predicted molar refractivity (Wildman–Crippen MR) is 73.8 cm³/mol. The van der Waals surface area contributed by atoms with E-state index in [9.17, 15) is 13.2 Å². The van der Waals surface area contributed by atoms with Crippen LogP contribution in [0, 0.1) is 6.92 Å². The number of nitrogens with one attached hydrogen (secondary N) is 1. The topological polar surface area (TPSA) is 63.2 Å². The zero-order valence-electron chi connectivity index (χ0n) is 10.4. The van der Waals surface area contributed by atoms with E-state index >= 15 is 0 Å². The second-order valence-electron chi connectivity index (χ2n) is 4.53. The Bertz CT molecular complexity index is 629. The number of halogens is 1. The standard InChI is InChI=1S/C13H14ClNO3S/c1-9-6-7-11(19(14,17)18)8-12(9)13(16)15-10-4-2-3-5-10/h2-3,6-8,10H,4-5H2,1H3,(H,15,16). The van der Waals surface area contributed by atoms with Crippen LogP contribution >= 0.6 is 10.7 Å². The number of hydrogen-bond acceptors (Lipinski definition) is 3. The monoisotopic (exact) mass is 299 g/mol. The highest BCUT2D eigenvalue weighted by Gasteiger charge is 2.18. The van der Waals surface area contributed by atoms with Crippen LogP contribution in [0.5, 0.6) is 0 Å². The maximum Gasteiger partial charge on any atom is 0.261 e. The van der Waals surface area contributed by atoms with Crippen molar-refractivity contribution in [2.75, 3.05) is 0 Å². The van der Waals surface area contributed by atoms with Gasteiger partial charge in [0.25, 0.3) is 15.0 Å². The zero-order chi connectivity index (χ0) is 14.0. The summed E-state index contributed by atoms with van der Waals surface area (Å²) >= 11 is 0. The Morgan fingerprint density at radius 3 is 2.53 bits per heavy atom. The van der Waals surface area contributed by atoms with E-state index in [0.29, 0.717) is 11.1 Å². The number of aryl methyl sites for hydroxylation is 1. The average Bonchev–Trinajstić information content (AvgIpc) is 2.80. The van der Waals surface area contributed by atoms with Crippen LogP contribution in [0.3, 0.4) is 0 Å². The lowest BCUT2D eigenvalue weighted by atomic mass is 10.1. The Labute approximate surface area is 116 Å². The molecule has 0 saturated heterocycles. The van der Waals surface area contributed by atoms with Crippen molar-refractivity contribution in [2.45, 2.75) is 30.7 Å². The highest BCUT2D eigenvalue weighted by molar-refractivity contribution is 8.13. The highest BCUT2D eigenvalue weighted by atomic mass is 35.7. The molecule has 0 heterocycles. The molecule has 102 valence electrons. The van der Waals surface area contributed by atoms with Crippen LogP contribution in [0.25, 0.3) is 0 Å². The molecule has 0 aromatic heterocycles. The van der Waals surface area contributed by atoms with E-state index in [-0.39, 0.29) is 16.8 Å². The molecule has 0 aliphatic heterocycles. The minimum absolute atomic E-state index is 0.0607. The lowest BCUT2D eigenvalue weighted by Gasteiger charge is -2.13. The van der Waals surface area contributed by atoms with Gasteiger partial charge in [0, 0.05) is 22.3 Å². The van der Waals surface area contributed by atoms with Gasteiger partial charge in [0.05, 0.1) is 4.90 Å². The quantitative estimate of drug-likeness (QED) is 0.688. The van der Waals surface area contributed by atoms with Crippen LogP contribution in [0.4, 0.5) is 0 Å². The molecule has 0 radical (unpaired) electrons. The van der Waals surface area contributed by atoms with Gasteiger partial charge in [0.2, 0.25) is 0 Å². The van der Waals surface area contributed by atoms with E-state index < -0.39 is 9.05 Å². The first-order valence-electron chi connectivity index (χ1n) is 5.89. The molecule has 0 fully saturated rings. The molecule has 4 nitrogen and oxygen atoms in total. The maximum absolute atomic E-state index is 12.1. The molecule has 1 aromatic rings. The molecule has 1 N–H and O–H groups in total. The van der Waals surface area contributed by atoms with Crippen molar-refractivity contribution in [1.29, 1.82) is 0 Å². The largest absolute Gasteiger partial charge is 0.349 e. The molecule has 1 amide bonds. The van der Waals surface area contributed by atoms with E-state index in [4.69, 9.17) is 10.7 Å². The summed E-state index contributed by atoms with van der Waals surface area (Å²) in [6.45, 7) is 1.76. The average molecular weight is 300 g/mol. The second kappa shape index (κ2) is 5.35. The summed E-state index contributed by atoms with van der Waals surface area (Å²) in [4.78, 5) is 12.1. The van der Waals surface area contributed by atoms with Crippen molar-refractivity contribution in [1.82, 2.24) is 5.32 Å². The summed E-state index contributed by atoms with van der Waals surface area (Å²) < 4.78 is 22.6. The van der Waals surface area contributed by atoms with Gasteiger partial charge in [-0.05, 0) is 37.5 Å². The van der Waals surface area contributed by atoms with Crippen LogP contribution in [0.15, 0.2) is 35.2 Å². The molecular formula is C13H14ClNO3S. The number of benzene rings is 1. The first kappa shape index (κ1) is 14.1. The first-order valence-corrected chi connectivity index (χ1v) is 8.20. The molecule has 1 aliphatic rings. The van der Waals surface area contributed by atoms with Gasteiger partial charge >= 0.3 is 0 Å². The number of carbonyl (C=O) groups is 1. The van der Waals surface area contributed by atoms with E-state index in [1.165, 1.54) is 12.1 Å². The molecule has 0 spiro atoms. The number of rotatable bonds is 3. The van der Waals surface area contributed by atoms with Gasteiger partial charge in [-0.25, -0.2) is 8.42 Å². The minimum atomic E-state index is -3.82. The van der Waals surface area contributed by atoms with Crippen molar-refractivity contribution in [3.63, 3.8) is 0 Å². The minimum Gasteiger partial charge on any atom is -0.349 e. The summed E-state index contributed by atoms with van der Waals surface area (Å²) in [6, 6.07) is 4.38. The highest BCUT2D eigenvalue weighted by Crippen LogP contribution is 2.20. The van der Waals surface area contributed by atoms with Crippen molar-refractivity contribution < 1.29 is 13.2 Å². The molecule has 1 aliphatic carbocycles. The first-order chi connectivity index (χ1) is 8.88. The van der Waals surface area contributed by atoms with Gasteiger partial charge in [0.15, 0.2) is 0 Å². The van der Waals surface area contributed by atoms with Gasteiger partial charge in [-0.1, -0.05) is 18.2 Å². The Hall–Kier alpha value is -1.33. The summed E-state index contributed by atoms with van der Waals surface area (Å²) in [6.07, 6.45) is 5.63. The predicted octanol–water partition coefficient (Wildman–Crippen LogP) is 2.37. The summed E-state index contributed by atoms with van der Waals surface area (Å²) in [7, 11) is 1.47. The van der Waals surface area contributed by atoms with Gasteiger partial charge in [0.1, 0.15) is 0 Å². The van der Waals surface area contributed by atoms with E-state index in [2.05, 4.69) is 5.32 Å². The zero-order valence-corrected chi connectivity index (χ0v) is 12.0. The summed E-state index contributed by atoms with van der Waals surface area (Å²) in [5, 5.41) is 2.88. The van der Waals surface area contributed by atoms with Gasteiger partial charge in [-0.2, -0.15) is 0 Å². The second-order valence-corrected chi connectivity index (χ2v) is 7.09. The van der Waals surface area contributed by atoms with Gasteiger partial charge in [-0.3, -0.25) is 4.79 Å². The van der Waals surface area contributed by atoms with E-state index in [0.717, 1.165) is 12.8 Å². The Morgan fingerprint density at radius 2 is 1.95 bits per heavy atom. The van der Waals surface area contributed by atoms with Gasteiger partial charge in [-0.15, -0.1) is 0 Å². The summed E-state index contributed by atoms with van der Waals surface area (Å²) in [5.74, 6) is -0.270. The normalized spacial score (nSPS) is 15.7. The van der Waals surface area contributed by atoms with Crippen molar-refractivity contribution in [3.05, 3.63) is 41.5 Å². The fourth-order valence-electron chi connectivity index (χ4n) is 2.00. The third-order valence-electron chi connectivity index (χ3n) is 3.08. The van der Waals surface area contributed by atoms with E-state index in [1.807, 2.05) is 12.2 Å². The fourth-order valence-corrected chi connectivity index (χ4v) is 2.77. The van der Waals surface area contributed by atoms with Crippen molar-refractivity contribution in [2.24, 2.45) is 0 Å². The number of amides is 1. The van der Waals surface area contributed by atoms with Crippen molar-refractivity contribution in [3.8, 4) is 0 Å². The molecule has 0 bridgehead atoms. The molecule has 19 heavy (non-hydrogen) atoms. The smallest absolute Gasteiger partial charge is 0.261 e. The van der Waals surface area contributed by atoms with Crippen LogP contribution in [-0.4, -0.2) is 20.4 Å². The van der Waals surface area contributed by atoms with Crippen LogP contribution in [0.1, 0.15) is 28.8 Å². The Balaban J connectivity index is 2.25. The Morgan fingerprint density at radius 1 is 1.32 bits per heavy atom. The van der Waals surface area contributed by atoms with E-state index in [1.54, 1.807) is 13.0 Å². The fraction of sp³-hybridized carbons (Fsp3) is 0.308. The number of hydrogen-bond donors (Lipinski definition) is 1. The maximum atomic E-state index is 12.1. The molecular weight excluding hydrogens is 286 g/mol. The molecule has 0 unspecified atom stereocenters. The molecule has 2 rings (SSSR count). The third kappa shape index (κ3) is 3.36. The lowest BCUT2D eigenvalue weighted by Crippen LogP contribution is -2.33. The van der Waals surface area contributed by atoms with Crippen LogP contribution in [0.2, 0.25) is 0 Å². The van der Waals surface area contributed by atoms with Crippen molar-refractivity contribution >= 4 is 25.6 Å². The third-order valence-corrected chi connectivity index (χ3v) is 4.43. The SMILES string of the molecule is Cc1ccc(S(=O)(=O)Cl)cc1C(=O)NC1CC=CC1. The molecule has 6 heteroatoms. The van der Waals surface area contributed by atoms with Crippen LogP contribution < -0.4 is 5.32 Å².